The zero-order valence-corrected chi connectivity index (χ0v) is 11.0. The van der Waals surface area contributed by atoms with Crippen molar-refractivity contribution in [1.82, 2.24) is 4.98 Å². The minimum Gasteiger partial charge on any atom is -0.256 e. The Morgan fingerprint density at radius 2 is 1.90 bits per heavy atom. The molecule has 0 bridgehead atoms. The topological polar surface area (TPSA) is 36.7 Å². The average Bonchev–Trinajstić information content (AvgIpc) is 3.28. The third-order valence-corrected chi connectivity index (χ3v) is 3.77. The van der Waals surface area contributed by atoms with Crippen molar-refractivity contribution in [2.24, 2.45) is 0 Å². The van der Waals surface area contributed by atoms with Gasteiger partial charge in [0.05, 0.1) is 22.7 Å². The third kappa shape index (κ3) is 2.49. The summed E-state index contributed by atoms with van der Waals surface area (Å²) in [5, 5.41) is 9.12. The smallest absolute Gasteiger partial charge is 0.256 e. The van der Waals surface area contributed by atoms with Crippen molar-refractivity contribution < 1.29 is 13.2 Å². The second kappa shape index (κ2) is 4.59. The van der Waals surface area contributed by atoms with Gasteiger partial charge in [-0.25, -0.2) is 0 Å². The van der Waals surface area contributed by atoms with Crippen molar-refractivity contribution in [2.75, 3.05) is 0 Å². The van der Waals surface area contributed by atoms with E-state index in [-0.39, 0.29) is 0 Å². The minimum absolute atomic E-state index is 0.415. The summed E-state index contributed by atoms with van der Waals surface area (Å²) in [5.74, 6) is 0. The summed E-state index contributed by atoms with van der Waals surface area (Å²) in [6, 6.07) is 10.8. The maximum atomic E-state index is 12.7. The van der Waals surface area contributed by atoms with Crippen LogP contribution in [-0.4, -0.2) is 4.98 Å². The van der Waals surface area contributed by atoms with E-state index in [1.54, 1.807) is 24.4 Å². The maximum absolute atomic E-state index is 12.7. The van der Waals surface area contributed by atoms with Crippen molar-refractivity contribution >= 4 is 0 Å². The summed E-state index contributed by atoms with van der Waals surface area (Å²) >= 11 is 0. The van der Waals surface area contributed by atoms with Crippen LogP contribution < -0.4 is 0 Å². The number of aromatic nitrogens is 1. The minimum atomic E-state index is -4.37. The Labute approximate surface area is 119 Å². The molecule has 1 fully saturated rings. The number of halogens is 3. The van der Waals surface area contributed by atoms with Gasteiger partial charge in [-0.15, -0.1) is 0 Å². The summed E-state index contributed by atoms with van der Waals surface area (Å²) in [5.41, 5.74) is 0.596. The van der Waals surface area contributed by atoms with Crippen LogP contribution in [0, 0.1) is 11.3 Å². The number of rotatable bonds is 2. The molecule has 0 N–H and O–H groups in total. The Morgan fingerprint density at radius 1 is 1.14 bits per heavy atom. The van der Waals surface area contributed by atoms with Crippen LogP contribution in [0.15, 0.2) is 42.6 Å². The molecule has 0 unspecified atom stereocenters. The normalized spacial score (nSPS) is 16.3. The van der Waals surface area contributed by atoms with Crippen LogP contribution in [0.5, 0.6) is 0 Å². The van der Waals surface area contributed by atoms with Gasteiger partial charge in [0.15, 0.2) is 0 Å². The molecule has 1 aromatic heterocycles. The van der Waals surface area contributed by atoms with Gasteiger partial charge in [0.25, 0.3) is 0 Å². The van der Waals surface area contributed by atoms with Gasteiger partial charge in [-0.05, 0) is 36.6 Å². The van der Waals surface area contributed by atoms with Crippen LogP contribution >= 0.6 is 0 Å². The highest BCUT2D eigenvalue weighted by Gasteiger charge is 2.45. The van der Waals surface area contributed by atoms with E-state index in [9.17, 15) is 13.2 Å². The predicted octanol–water partition coefficient (Wildman–Crippen LogP) is 4.32. The molecule has 1 heterocycles. The molecule has 3 rings (SSSR count). The molecular formula is C16H11F3N2. The summed E-state index contributed by atoms with van der Waals surface area (Å²) in [4.78, 5) is 4.21. The van der Waals surface area contributed by atoms with Crippen LogP contribution in [0.4, 0.5) is 13.2 Å². The Morgan fingerprint density at radius 3 is 2.43 bits per heavy atom. The van der Waals surface area contributed by atoms with E-state index in [1.807, 2.05) is 0 Å². The first-order valence-electron chi connectivity index (χ1n) is 6.50. The zero-order valence-electron chi connectivity index (χ0n) is 11.0. The molecule has 1 saturated carbocycles. The standard InChI is InChI=1S/C16H11F3N2/c17-16(18,19)12-3-1-2-11(8-12)14-5-4-13(9-21-14)15(10-20)6-7-15/h1-5,8-9H,6-7H2. The molecule has 0 atom stereocenters. The van der Waals surface area contributed by atoms with Gasteiger partial charge in [-0.1, -0.05) is 18.2 Å². The first kappa shape index (κ1) is 13.6. The molecule has 1 aromatic carbocycles. The third-order valence-electron chi connectivity index (χ3n) is 3.77. The lowest BCUT2D eigenvalue weighted by Crippen LogP contribution is -2.05. The van der Waals surface area contributed by atoms with E-state index in [0.29, 0.717) is 11.3 Å². The molecule has 0 amide bonds. The molecular weight excluding hydrogens is 277 g/mol. The lowest BCUT2D eigenvalue weighted by Gasteiger charge is -2.10. The Kier molecular flexibility index (Phi) is 2.98. The number of hydrogen-bond acceptors (Lipinski definition) is 2. The SMILES string of the molecule is N#CC1(c2ccc(-c3cccc(C(F)(F)F)c3)nc2)CC1. The Balaban J connectivity index is 1.93. The van der Waals surface area contributed by atoms with E-state index < -0.39 is 17.2 Å². The van der Waals surface area contributed by atoms with Crippen LogP contribution in [0.2, 0.25) is 0 Å². The van der Waals surface area contributed by atoms with E-state index in [0.717, 1.165) is 30.5 Å². The highest BCUT2D eigenvalue weighted by molar-refractivity contribution is 5.60. The van der Waals surface area contributed by atoms with Gasteiger partial charge in [0.2, 0.25) is 0 Å². The first-order chi connectivity index (χ1) is 9.94. The van der Waals surface area contributed by atoms with Gasteiger partial charge >= 0.3 is 6.18 Å². The zero-order chi connectivity index (χ0) is 15.1. The molecule has 1 aliphatic carbocycles. The fraction of sp³-hybridized carbons (Fsp3) is 0.250. The van der Waals surface area contributed by atoms with Crippen molar-refractivity contribution in [3.63, 3.8) is 0 Å². The van der Waals surface area contributed by atoms with Crippen molar-refractivity contribution in [2.45, 2.75) is 24.4 Å². The molecule has 0 radical (unpaired) electrons. The van der Waals surface area contributed by atoms with Crippen molar-refractivity contribution in [3.8, 4) is 17.3 Å². The predicted molar refractivity (Wildman–Crippen MR) is 71.2 cm³/mol. The highest BCUT2D eigenvalue weighted by Crippen LogP contribution is 2.47. The maximum Gasteiger partial charge on any atom is 0.416 e. The molecule has 1 aliphatic rings. The molecule has 0 aliphatic heterocycles. The van der Waals surface area contributed by atoms with Crippen LogP contribution in [0.25, 0.3) is 11.3 Å². The second-order valence-electron chi connectivity index (χ2n) is 5.20. The first-order valence-corrected chi connectivity index (χ1v) is 6.50. The second-order valence-corrected chi connectivity index (χ2v) is 5.20. The summed E-state index contributed by atoms with van der Waals surface area (Å²) in [6.07, 6.45) is -1.15. The number of pyridine rings is 1. The summed E-state index contributed by atoms with van der Waals surface area (Å²) < 4.78 is 38.1. The number of nitrogens with zero attached hydrogens (tertiary/aromatic N) is 2. The van der Waals surface area contributed by atoms with Crippen molar-refractivity contribution in [1.29, 1.82) is 5.26 Å². The monoisotopic (exact) mass is 288 g/mol. The Bertz CT molecular complexity index is 708. The van der Waals surface area contributed by atoms with Gasteiger partial charge < -0.3 is 0 Å². The lowest BCUT2D eigenvalue weighted by molar-refractivity contribution is -0.137. The Hall–Kier alpha value is -2.35. The summed E-state index contributed by atoms with van der Waals surface area (Å²) in [7, 11) is 0. The van der Waals surface area contributed by atoms with Crippen LogP contribution in [0.3, 0.4) is 0 Å². The van der Waals surface area contributed by atoms with Gasteiger partial charge in [0.1, 0.15) is 0 Å². The molecule has 0 spiro atoms. The number of nitriles is 1. The number of benzene rings is 1. The summed E-state index contributed by atoms with van der Waals surface area (Å²) in [6.45, 7) is 0. The van der Waals surface area contributed by atoms with E-state index in [2.05, 4.69) is 11.1 Å². The van der Waals surface area contributed by atoms with Crippen molar-refractivity contribution in [3.05, 3.63) is 53.7 Å². The van der Waals surface area contributed by atoms with Gasteiger partial charge in [-0.2, -0.15) is 18.4 Å². The number of hydrogen-bond donors (Lipinski definition) is 0. The highest BCUT2D eigenvalue weighted by atomic mass is 19.4. The van der Waals surface area contributed by atoms with E-state index >= 15 is 0 Å². The van der Waals surface area contributed by atoms with Gasteiger partial charge in [-0.3, -0.25) is 4.98 Å². The largest absolute Gasteiger partial charge is 0.416 e. The van der Waals surface area contributed by atoms with E-state index in [1.165, 1.54) is 6.07 Å². The van der Waals surface area contributed by atoms with Crippen LogP contribution in [-0.2, 0) is 11.6 Å². The van der Waals surface area contributed by atoms with E-state index in [4.69, 9.17) is 5.26 Å². The molecule has 106 valence electrons. The molecule has 2 nitrogen and oxygen atoms in total. The molecule has 21 heavy (non-hydrogen) atoms. The molecule has 0 saturated heterocycles. The number of alkyl halides is 3. The lowest BCUT2D eigenvalue weighted by atomic mass is 9.98. The fourth-order valence-electron chi connectivity index (χ4n) is 2.29. The average molecular weight is 288 g/mol. The molecule has 2 aromatic rings. The fourth-order valence-corrected chi connectivity index (χ4v) is 2.29. The van der Waals surface area contributed by atoms with Gasteiger partial charge in [0, 0.05) is 11.8 Å². The van der Waals surface area contributed by atoms with Crippen LogP contribution in [0.1, 0.15) is 24.0 Å². The molecule has 5 heteroatoms. The quantitative estimate of drug-likeness (QED) is 0.825.